The van der Waals surface area contributed by atoms with E-state index in [1.54, 1.807) is 6.20 Å². The average molecular weight is 605 g/mol. The second-order valence-electron chi connectivity index (χ2n) is 12.9. The molecule has 2 nitrogen and oxygen atoms in total. The van der Waals surface area contributed by atoms with Gasteiger partial charge in [-0.3, -0.25) is 4.98 Å². The zero-order valence-electron chi connectivity index (χ0n) is 26.7. The van der Waals surface area contributed by atoms with Crippen LogP contribution in [0.3, 0.4) is 0 Å². The number of pyridine rings is 1. The van der Waals surface area contributed by atoms with Crippen LogP contribution in [0.1, 0.15) is 30.7 Å². The van der Waals surface area contributed by atoms with Gasteiger partial charge in [0, 0.05) is 29.3 Å². The van der Waals surface area contributed by atoms with Gasteiger partial charge in [-0.2, -0.15) is 0 Å². The number of rotatable bonds is 6. The third-order valence-electron chi connectivity index (χ3n) is 9.81. The predicted molar refractivity (Wildman–Crippen MR) is 199 cm³/mol. The molecule has 2 N–H and O–H groups in total. The monoisotopic (exact) mass is 604 g/mol. The van der Waals surface area contributed by atoms with E-state index in [-0.39, 0.29) is 5.41 Å². The van der Waals surface area contributed by atoms with Crippen LogP contribution in [0.4, 0.5) is 0 Å². The molecule has 226 valence electrons. The average Bonchev–Trinajstić information content (AvgIpc) is 3.34. The van der Waals surface area contributed by atoms with Crippen LogP contribution in [-0.4, -0.2) is 4.98 Å². The maximum absolute atomic E-state index is 5.50. The Morgan fingerprint density at radius 3 is 1.96 bits per heavy atom. The molecule has 0 fully saturated rings. The highest BCUT2D eigenvalue weighted by atomic mass is 14.7. The van der Waals surface area contributed by atoms with Crippen molar-refractivity contribution in [1.82, 2.24) is 4.98 Å². The zero-order valence-corrected chi connectivity index (χ0v) is 26.7. The number of allylic oxidation sites excluding steroid dienone is 3. The van der Waals surface area contributed by atoms with Gasteiger partial charge in [0.05, 0.1) is 0 Å². The first kappa shape index (κ1) is 28.7. The van der Waals surface area contributed by atoms with Crippen molar-refractivity contribution in [3.05, 3.63) is 175 Å². The van der Waals surface area contributed by atoms with E-state index < -0.39 is 0 Å². The number of hydrogen-bond acceptors (Lipinski definition) is 2. The molecule has 0 radical (unpaired) electrons. The Hall–Kier alpha value is -5.73. The van der Waals surface area contributed by atoms with Gasteiger partial charge in [0.1, 0.15) is 0 Å². The van der Waals surface area contributed by atoms with E-state index in [0.717, 1.165) is 17.7 Å². The molecule has 0 amide bonds. The summed E-state index contributed by atoms with van der Waals surface area (Å²) in [5, 5.41) is 4.98. The van der Waals surface area contributed by atoms with Crippen molar-refractivity contribution >= 4 is 21.5 Å². The Morgan fingerprint density at radius 1 is 0.553 bits per heavy atom. The molecule has 47 heavy (non-hydrogen) atoms. The molecule has 0 spiro atoms. The van der Waals surface area contributed by atoms with E-state index in [0.29, 0.717) is 0 Å². The van der Waals surface area contributed by atoms with E-state index in [1.807, 2.05) is 18.3 Å². The van der Waals surface area contributed by atoms with Crippen LogP contribution >= 0.6 is 0 Å². The molecule has 1 aromatic heterocycles. The first-order chi connectivity index (χ1) is 23.1. The summed E-state index contributed by atoms with van der Waals surface area (Å²) in [6, 6.07) is 46.8. The fourth-order valence-electron chi connectivity index (χ4n) is 7.57. The number of fused-ring (bicyclic) bond motifs is 5. The van der Waals surface area contributed by atoms with Gasteiger partial charge in [-0.25, -0.2) is 0 Å². The van der Waals surface area contributed by atoms with Gasteiger partial charge >= 0.3 is 0 Å². The lowest BCUT2D eigenvalue weighted by molar-refractivity contribution is 0.661. The highest BCUT2D eigenvalue weighted by Gasteiger charge is 2.36. The number of nitrogens with two attached hydrogens (primary N) is 1. The Morgan fingerprint density at radius 2 is 1.21 bits per heavy atom. The molecule has 1 aliphatic carbocycles. The largest absolute Gasteiger partial charge is 0.405 e. The van der Waals surface area contributed by atoms with Crippen molar-refractivity contribution in [2.45, 2.75) is 25.7 Å². The van der Waals surface area contributed by atoms with Gasteiger partial charge in [0.15, 0.2) is 0 Å². The third kappa shape index (κ3) is 4.76. The van der Waals surface area contributed by atoms with Gasteiger partial charge in [-0.15, -0.1) is 0 Å². The third-order valence-corrected chi connectivity index (χ3v) is 9.81. The Kier molecular flexibility index (Phi) is 7.07. The zero-order chi connectivity index (χ0) is 32.0. The molecular formula is C45H36N2. The smallest absolute Gasteiger partial charge is 0.0441 e. The molecule has 7 aromatic rings. The molecule has 0 bridgehead atoms. The Labute approximate surface area is 276 Å². The molecule has 8 rings (SSSR count). The minimum atomic E-state index is -0.113. The second-order valence-corrected chi connectivity index (χ2v) is 12.9. The van der Waals surface area contributed by atoms with Crippen LogP contribution in [0.15, 0.2) is 158 Å². The molecule has 0 saturated heterocycles. The SMILES string of the molecule is CC1(C)c2ccccc2-c2cc3c(-c4ccc(C/C=C\C=C/N)nc4)c4ccccc4c(-c4ccccc4-c4ccccc4)c3cc21. The van der Waals surface area contributed by atoms with Crippen LogP contribution in [0.2, 0.25) is 0 Å². The summed E-state index contributed by atoms with van der Waals surface area (Å²) in [5.74, 6) is 0. The molecule has 0 saturated carbocycles. The normalized spacial score (nSPS) is 13.5. The van der Waals surface area contributed by atoms with E-state index in [2.05, 4.69) is 147 Å². The summed E-state index contributed by atoms with van der Waals surface area (Å²) < 4.78 is 0. The summed E-state index contributed by atoms with van der Waals surface area (Å²) in [6.07, 6.45) is 10.2. The summed E-state index contributed by atoms with van der Waals surface area (Å²) >= 11 is 0. The topological polar surface area (TPSA) is 38.9 Å². The summed E-state index contributed by atoms with van der Waals surface area (Å²) in [5.41, 5.74) is 19.1. The summed E-state index contributed by atoms with van der Waals surface area (Å²) in [6.45, 7) is 4.73. The fraction of sp³-hybridized carbons (Fsp3) is 0.0889. The first-order valence-corrected chi connectivity index (χ1v) is 16.3. The maximum atomic E-state index is 5.50. The minimum absolute atomic E-state index is 0.113. The lowest BCUT2D eigenvalue weighted by Gasteiger charge is -2.24. The van der Waals surface area contributed by atoms with Gasteiger partial charge in [-0.05, 0) is 102 Å². The molecule has 6 aromatic carbocycles. The fourth-order valence-corrected chi connectivity index (χ4v) is 7.57. The van der Waals surface area contributed by atoms with Crippen molar-refractivity contribution in [3.63, 3.8) is 0 Å². The lowest BCUT2D eigenvalue weighted by Crippen LogP contribution is -2.14. The molecule has 0 unspecified atom stereocenters. The highest BCUT2D eigenvalue weighted by molar-refractivity contribution is 6.23. The van der Waals surface area contributed by atoms with E-state index in [1.165, 1.54) is 71.6 Å². The van der Waals surface area contributed by atoms with Crippen LogP contribution in [0.5, 0.6) is 0 Å². The number of aromatic nitrogens is 1. The highest BCUT2D eigenvalue weighted by Crippen LogP contribution is 2.53. The number of nitrogens with zero attached hydrogens (tertiary/aromatic N) is 1. The number of benzene rings is 6. The van der Waals surface area contributed by atoms with Gasteiger partial charge in [0.25, 0.3) is 0 Å². The molecular weight excluding hydrogens is 569 g/mol. The standard InChI is InChI=1S/C45H36N2/c1-45(2)41-23-13-12-19-34(41)38-27-39-40(28-42(38)45)44(35-20-9-8-18-33(35)30-15-5-3-6-16-30)37-22-11-10-21-36(37)43(39)31-24-25-32(47-29-31)17-7-4-14-26-46/h3-16,18-29H,17,46H2,1-2H3/b7-4-,26-14-. The van der Waals surface area contributed by atoms with Crippen molar-refractivity contribution in [2.24, 2.45) is 5.73 Å². The van der Waals surface area contributed by atoms with Gasteiger partial charge in [0.2, 0.25) is 0 Å². The summed E-state index contributed by atoms with van der Waals surface area (Å²) in [7, 11) is 0. The van der Waals surface area contributed by atoms with E-state index in [9.17, 15) is 0 Å². The van der Waals surface area contributed by atoms with Crippen molar-refractivity contribution < 1.29 is 0 Å². The van der Waals surface area contributed by atoms with Crippen molar-refractivity contribution in [1.29, 1.82) is 0 Å². The lowest BCUT2D eigenvalue weighted by atomic mass is 9.79. The quantitative estimate of drug-likeness (QED) is 0.151. The minimum Gasteiger partial charge on any atom is -0.405 e. The molecule has 2 heteroatoms. The Bertz CT molecular complexity index is 2340. The molecule has 0 atom stereocenters. The molecule has 0 aliphatic heterocycles. The molecule has 1 heterocycles. The van der Waals surface area contributed by atoms with Gasteiger partial charge in [-0.1, -0.05) is 135 Å². The van der Waals surface area contributed by atoms with E-state index in [4.69, 9.17) is 10.7 Å². The predicted octanol–water partition coefficient (Wildman–Crippen LogP) is 11.3. The number of hydrogen-bond donors (Lipinski definition) is 1. The van der Waals surface area contributed by atoms with Crippen LogP contribution in [0.25, 0.3) is 66.1 Å². The van der Waals surface area contributed by atoms with Crippen LogP contribution in [0, 0.1) is 0 Å². The maximum Gasteiger partial charge on any atom is 0.0441 e. The van der Waals surface area contributed by atoms with Gasteiger partial charge < -0.3 is 5.73 Å². The molecule has 1 aliphatic rings. The van der Waals surface area contributed by atoms with Crippen LogP contribution in [-0.2, 0) is 11.8 Å². The van der Waals surface area contributed by atoms with Crippen molar-refractivity contribution in [3.8, 4) is 44.5 Å². The second kappa shape index (κ2) is 11.6. The summed E-state index contributed by atoms with van der Waals surface area (Å²) in [4.78, 5) is 4.93. The Balaban J connectivity index is 1.47. The van der Waals surface area contributed by atoms with Crippen LogP contribution < -0.4 is 5.73 Å². The first-order valence-electron chi connectivity index (χ1n) is 16.3. The van der Waals surface area contributed by atoms with E-state index >= 15 is 0 Å². The van der Waals surface area contributed by atoms with Crippen molar-refractivity contribution in [2.75, 3.05) is 0 Å².